The lowest BCUT2D eigenvalue weighted by molar-refractivity contribution is -0.141. The van der Waals surface area contributed by atoms with Crippen LogP contribution >= 0.6 is 0 Å². The normalized spacial score (nSPS) is 11.6. The molecule has 0 amide bonds. The molecule has 0 saturated heterocycles. The zero-order chi connectivity index (χ0) is 15.2. The number of carbonyl (C=O) groups is 1. The Morgan fingerprint density at radius 3 is 2.48 bits per heavy atom. The topological polar surface area (TPSA) is 76.1 Å². The Hall–Kier alpha value is -2.63. The molecule has 2 rings (SSSR count). The Morgan fingerprint density at radius 1 is 1.19 bits per heavy atom. The average molecular weight is 286 g/mol. The summed E-state index contributed by atoms with van der Waals surface area (Å²) in [6.07, 6.45) is 1.44. The van der Waals surface area contributed by atoms with Crippen molar-refractivity contribution in [2.75, 3.05) is 24.8 Å². The first-order valence-corrected chi connectivity index (χ1v) is 6.56. The lowest BCUT2D eigenvalue weighted by Crippen LogP contribution is -2.23. The van der Waals surface area contributed by atoms with Gasteiger partial charge in [-0.1, -0.05) is 30.3 Å². The highest BCUT2D eigenvalue weighted by atomic mass is 16.5. The van der Waals surface area contributed by atoms with E-state index in [0.29, 0.717) is 11.6 Å². The highest BCUT2D eigenvalue weighted by Gasteiger charge is 2.22. The minimum absolute atomic E-state index is 0.370. The molecule has 0 aliphatic heterocycles. The molecule has 1 heterocycles. The monoisotopic (exact) mass is 286 g/mol. The van der Waals surface area contributed by atoms with Gasteiger partial charge in [-0.15, -0.1) is 0 Å². The molecule has 110 valence electrons. The van der Waals surface area contributed by atoms with Crippen molar-refractivity contribution in [3.05, 3.63) is 47.8 Å². The van der Waals surface area contributed by atoms with Crippen LogP contribution in [0.1, 0.15) is 17.2 Å². The predicted molar refractivity (Wildman–Crippen MR) is 81.1 cm³/mol. The molecule has 0 aliphatic rings. The molecule has 0 radical (unpaired) electrons. The molecule has 0 bridgehead atoms. The van der Waals surface area contributed by atoms with E-state index in [2.05, 4.69) is 20.6 Å². The maximum Gasteiger partial charge on any atom is 0.333 e. The van der Waals surface area contributed by atoms with Crippen molar-refractivity contribution in [1.82, 2.24) is 9.97 Å². The van der Waals surface area contributed by atoms with Crippen LogP contribution in [-0.4, -0.2) is 30.1 Å². The predicted octanol–water partition coefficient (Wildman–Crippen LogP) is 2.15. The molecule has 6 nitrogen and oxygen atoms in total. The zero-order valence-electron chi connectivity index (χ0n) is 12.3. The summed E-state index contributed by atoms with van der Waals surface area (Å²) >= 11 is 0. The van der Waals surface area contributed by atoms with Crippen LogP contribution in [0.15, 0.2) is 36.7 Å². The maximum absolute atomic E-state index is 12.0. The van der Waals surface area contributed by atoms with E-state index in [0.717, 1.165) is 11.1 Å². The molecule has 0 aliphatic carbocycles. The second-order valence-electron chi connectivity index (χ2n) is 4.46. The number of nitrogens with zero attached hydrogens (tertiary/aromatic N) is 2. The smallest absolute Gasteiger partial charge is 0.333 e. The first-order valence-electron chi connectivity index (χ1n) is 6.56. The van der Waals surface area contributed by atoms with E-state index in [1.807, 2.05) is 37.3 Å². The molecule has 1 aromatic carbocycles. The Balaban J connectivity index is 2.34. The highest BCUT2D eigenvalue weighted by Crippen LogP contribution is 2.24. The summed E-state index contributed by atoms with van der Waals surface area (Å²) in [5.41, 5.74) is 1.65. The molecule has 2 aromatic rings. The van der Waals surface area contributed by atoms with E-state index >= 15 is 0 Å². The number of ether oxygens (including phenoxy) is 1. The summed E-state index contributed by atoms with van der Waals surface area (Å²) < 4.78 is 4.87. The zero-order valence-corrected chi connectivity index (χ0v) is 12.3. The van der Waals surface area contributed by atoms with Gasteiger partial charge < -0.3 is 15.4 Å². The second kappa shape index (κ2) is 6.69. The molecular formula is C15H18N4O2. The molecule has 0 spiro atoms. The first kappa shape index (κ1) is 14.8. The number of carbonyl (C=O) groups excluding carboxylic acids is 1. The van der Waals surface area contributed by atoms with Gasteiger partial charge in [-0.05, 0) is 12.5 Å². The van der Waals surface area contributed by atoms with Gasteiger partial charge in [0.15, 0.2) is 6.04 Å². The number of anilines is 2. The van der Waals surface area contributed by atoms with Gasteiger partial charge in [0.25, 0.3) is 0 Å². The Labute approximate surface area is 123 Å². The van der Waals surface area contributed by atoms with E-state index in [1.54, 1.807) is 7.05 Å². The van der Waals surface area contributed by atoms with E-state index in [4.69, 9.17) is 4.74 Å². The third-order valence-corrected chi connectivity index (χ3v) is 3.17. The standard InChI is InChI=1S/C15H18N4O2/c1-10-13(16-2)17-9-18-14(10)19-12(15(20)21-3)11-7-5-4-6-8-11/h4-9,12H,1-3H3,(H2,16,17,18,19). The van der Waals surface area contributed by atoms with Crippen LogP contribution in [0.3, 0.4) is 0 Å². The summed E-state index contributed by atoms with van der Waals surface area (Å²) in [6.45, 7) is 1.88. The van der Waals surface area contributed by atoms with Gasteiger partial charge in [0, 0.05) is 12.6 Å². The van der Waals surface area contributed by atoms with Crippen LogP contribution < -0.4 is 10.6 Å². The Morgan fingerprint density at radius 2 is 1.86 bits per heavy atom. The summed E-state index contributed by atoms with van der Waals surface area (Å²) in [7, 11) is 3.15. The number of hydrogen-bond acceptors (Lipinski definition) is 6. The van der Waals surface area contributed by atoms with Crippen molar-refractivity contribution in [1.29, 1.82) is 0 Å². The lowest BCUT2D eigenvalue weighted by Gasteiger charge is -2.19. The van der Waals surface area contributed by atoms with E-state index in [9.17, 15) is 4.79 Å². The van der Waals surface area contributed by atoms with Crippen LogP contribution in [-0.2, 0) is 9.53 Å². The number of benzene rings is 1. The fourth-order valence-electron chi connectivity index (χ4n) is 2.03. The fraction of sp³-hybridized carbons (Fsp3) is 0.267. The summed E-state index contributed by atoms with van der Waals surface area (Å²) in [4.78, 5) is 20.4. The molecule has 2 N–H and O–H groups in total. The van der Waals surface area contributed by atoms with Crippen LogP contribution in [0.4, 0.5) is 11.6 Å². The molecule has 0 fully saturated rings. The summed E-state index contributed by atoms with van der Waals surface area (Å²) in [5.74, 6) is 0.933. The molecule has 1 unspecified atom stereocenters. The van der Waals surface area contributed by atoms with Crippen LogP contribution in [0, 0.1) is 6.92 Å². The van der Waals surface area contributed by atoms with Crippen LogP contribution in [0.25, 0.3) is 0 Å². The van der Waals surface area contributed by atoms with E-state index in [-0.39, 0.29) is 5.97 Å². The van der Waals surface area contributed by atoms with Crippen molar-refractivity contribution in [2.24, 2.45) is 0 Å². The molecule has 0 saturated carbocycles. The largest absolute Gasteiger partial charge is 0.467 e. The molecule has 1 aromatic heterocycles. The third kappa shape index (κ3) is 3.28. The van der Waals surface area contributed by atoms with Gasteiger partial charge >= 0.3 is 5.97 Å². The quantitative estimate of drug-likeness (QED) is 0.820. The minimum atomic E-state index is -0.616. The molecular weight excluding hydrogens is 268 g/mol. The maximum atomic E-state index is 12.0. The molecule has 1 atom stereocenters. The Bertz CT molecular complexity index is 616. The van der Waals surface area contributed by atoms with Crippen molar-refractivity contribution < 1.29 is 9.53 Å². The number of hydrogen-bond donors (Lipinski definition) is 2. The highest BCUT2D eigenvalue weighted by molar-refractivity contribution is 5.81. The van der Waals surface area contributed by atoms with Crippen molar-refractivity contribution in [3.8, 4) is 0 Å². The van der Waals surface area contributed by atoms with Gasteiger partial charge in [-0.2, -0.15) is 0 Å². The van der Waals surface area contributed by atoms with Crippen molar-refractivity contribution in [3.63, 3.8) is 0 Å². The summed E-state index contributed by atoms with van der Waals surface area (Å²) in [6, 6.07) is 8.76. The lowest BCUT2D eigenvalue weighted by atomic mass is 10.1. The number of aromatic nitrogens is 2. The first-order chi connectivity index (χ1) is 10.2. The summed E-state index contributed by atoms with van der Waals surface area (Å²) in [5, 5.41) is 6.11. The van der Waals surface area contributed by atoms with Gasteiger partial charge in [0.1, 0.15) is 18.0 Å². The van der Waals surface area contributed by atoms with Gasteiger partial charge in [0.2, 0.25) is 0 Å². The average Bonchev–Trinajstić information content (AvgIpc) is 2.54. The Kier molecular flexibility index (Phi) is 4.71. The number of nitrogens with one attached hydrogen (secondary N) is 2. The van der Waals surface area contributed by atoms with E-state index < -0.39 is 6.04 Å². The van der Waals surface area contributed by atoms with Crippen LogP contribution in [0.2, 0.25) is 0 Å². The number of esters is 1. The van der Waals surface area contributed by atoms with Gasteiger partial charge in [-0.25, -0.2) is 14.8 Å². The fourth-order valence-corrected chi connectivity index (χ4v) is 2.03. The van der Waals surface area contributed by atoms with Crippen LogP contribution in [0.5, 0.6) is 0 Å². The second-order valence-corrected chi connectivity index (χ2v) is 4.46. The molecule has 6 heteroatoms. The number of methoxy groups -OCH3 is 1. The third-order valence-electron chi connectivity index (χ3n) is 3.17. The minimum Gasteiger partial charge on any atom is -0.467 e. The number of rotatable bonds is 5. The molecule has 21 heavy (non-hydrogen) atoms. The van der Waals surface area contributed by atoms with Crippen molar-refractivity contribution >= 4 is 17.6 Å². The van der Waals surface area contributed by atoms with Gasteiger partial charge in [0.05, 0.1) is 7.11 Å². The van der Waals surface area contributed by atoms with Gasteiger partial charge in [-0.3, -0.25) is 0 Å². The van der Waals surface area contributed by atoms with Crippen molar-refractivity contribution in [2.45, 2.75) is 13.0 Å². The van der Waals surface area contributed by atoms with E-state index in [1.165, 1.54) is 13.4 Å². The SMILES string of the molecule is CNc1ncnc(NC(C(=O)OC)c2ccccc2)c1C.